The summed E-state index contributed by atoms with van der Waals surface area (Å²) in [5.74, 6) is 0.597. The minimum atomic E-state index is -3.35. The van der Waals surface area contributed by atoms with Crippen LogP contribution in [0.2, 0.25) is 0 Å². The van der Waals surface area contributed by atoms with Crippen molar-refractivity contribution in [3.63, 3.8) is 0 Å². The summed E-state index contributed by atoms with van der Waals surface area (Å²) in [6.07, 6.45) is 3.89. The molecular weight excluding hydrogens is 366 g/mol. The monoisotopic (exact) mass is 399 g/mol. The van der Waals surface area contributed by atoms with Gasteiger partial charge in [-0.15, -0.1) is 0 Å². The predicted octanol–water partition coefficient (Wildman–Crippen LogP) is 1.16. The van der Waals surface area contributed by atoms with Crippen molar-refractivity contribution in [3.05, 3.63) is 0 Å². The molecule has 0 saturated carbocycles. The minimum absolute atomic E-state index is 0.109. The lowest BCUT2D eigenvalue weighted by Crippen LogP contribution is -2.53. The Morgan fingerprint density at radius 3 is 2.22 bits per heavy atom. The molecule has 0 aromatic heterocycles. The van der Waals surface area contributed by atoms with Gasteiger partial charge in [0.25, 0.3) is 0 Å². The zero-order valence-corrected chi connectivity index (χ0v) is 17.8. The van der Waals surface area contributed by atoms with E-state index >= 15 is 0 Å². The zero-order valence-electron chi connectivity index (χ0n) is 17.0. The molecule has 3 aliphatic rings. The summed E-state index contributed by atoms with van der Waals surface area (Å²) in [6.45, 7) is 9.34. The summed E-state index contributed by atoms with van der Waals surface area (Å²) < 4.78 is 26.1. The normalized spacial score (nSPS) is 28.9. The van der Waals surface area contributed by atoms with Gasteiger partial charge in [-0.1, -0.05) is 13.8 Å². The number of hydrogen-bond acceptors (Lipinski definition) is 4. The number of amides is 2. The van der Waals surface area contributed by atoms with Gasteiger partial charge in [-0.2, -0.15) is 0 Å². The third-order valence-electron chi connectivity index (χ3n) is 6.95. The maximum Gasteiger partial charge on any atom is 0.230 e. The van der Waals surface area contributed by atoms with Crippen LogP contribution in [-0.2, 0) is 19.6 Å². The van der Waals surface area contributed by atoms with E-state index in [9.17, 15) is 18.0 Å². The Morgan fingerprint density at radius 1 is 1.11 bits per heavy atom. The van der Waals surface area contributed by atoms with Crippen molar-refractivity contribution in [1.29, 1.82) is 0 Å². The Balaban J connectivity index is 1.86. The molecule has 154 valence electrons. The molecule has 2 amide bonds. The predicted molar refractivity (Wildman–Crippen MR) is 103 cm³/mol. The average molecular weight is 400 g/mol. The van der Waals surface area contributed by atoms with Crippen LogP contribution in [0, 0.1) is 16.7 Å². The number of carbonyl (C=O) groups excluding carboxylic acids is 2. The second-order valence-electron chi connectivity index (χ2n) is 9.01. The van der Waals surface area contributed by atoms with E-state index in [0.29, 0.717) is 70.9 Å². The van der Waals surface area contributed by atoms with Gasteiger partial charge in [-0.3, -0.25) is 9.59 Å². The number of nitrogens with zero attached hydrogens (tertiary/aromatic N) is 3. The standard InChI is InChI=1S/C19H33N3O4S/c1-5-20-11-8-19(17(20)24)14-22(27(4,25)26)13-18(19)6-9-21(10-7-18)16(23)12-15(2)3/h15H,5-14H2,1-4H3. The number of fused-ring (bicyclic) bond motifs is 1. The van der Waals surface area contributed by atoms with Crippen LogP contribution in [0.3, 0.4) is 0 Å². The molecule has 3 aliphatic heterocycles. The molecule has 3 saturated heterocycles. The van der Waals surface area contributed by atoms with Crippen molar-refractivity contribution in [2.75, 3.05) is 45.5 Å². The molecule has 7 nitrogen and oxygen atoms in total. The second-order valence-corrected chi connectivity index (χ2v) is 11.0. The van der Waals surface area contributed by atoms with E-state index in [4.69, 9.17) is 0 Å². The summed E-state index contributed by atoms with van der Waals surface area (Å²) in [6, 6.07) is 0. The van der Waals surface area contributed by atoms with Crippen LogP contribution in [0.1, 0.15) is 46.5 Å². The molecule has 0 N–H and O–H groups in total. The molecule has 3 fully saturated rings. The smallest absolute Gasteiger partial charge is 0.230 e. The summed E-state index contributed by atoms with van der Waals surface area (Å²) in [4.78, 5) is 29.5. The van der Waals surface area contributed by atoms with Crippen LogP contribution in [0.15, 0.2) is 0 Å². The lowest BCUT2D eigenvalue weighted by Gasteiger charge is -2.47. The number of carbonyl (C=O) groups is 2. The number of likely N-dealkylation sites (tertiary alicyclic amines) is 2. The Bertz CT molecular complexity index is 712. The maximum absolute atomic E-state index is 13.3. The first-order chi connectivity index (χ1) is 12.5. The number of rotatable bonds is 4. The Morgan fingerprint density at radius 2 is 1.74 bits per heavy atom. The fourth-order valence-electron chi connectivity index (χ4n) is 5.32. The van der Waals surface area contributed by atoms with E-state index < -0.39 is 15.4 Å². The van der Waals surface area contributed by atoms with E-state index in [1.807, 2.05) is 30.6 Å². The Hall–Kier alpha value is -1.15. The van der Waals surface area contributed by atoms with Gasteiger partial charge >= 0.3 is 0 Å². The highest BCUT2D eigenvalue weighted by atomic mass is 32.2. The summed E-state index contributed by atoms with van der Waals surface area (Å²) in [5.41, 5.74) is -0.981. The Labute approximate surface area is 163 Å². The van der Waals surface area contributed by atoms with Gasteiger partial charge < -0.3 is 9.80 Å². The lowest BCUT2D eigenvalue weighted by atomic mass is 9.60. The van der Waals surface area contributed by atoms with E-state index in [2.05, 4.69) is 0 Å². The first-order valence-electron chi connectivity index (χ1n) is 10.1. The summed E-state index contributed by atoms with van der Waals surface area (Å²) >= 11 is 0. The summed E-state index contributed by atoms with van der Waals surface area (Å²) in [7, 11) is -3.35. The first kappa shape index (κ1) is 20.6. The maximum atomic E-state index is 13.3. The molecule has 8 heteroatoms. The van der Waals surface area contributed by atoms with Crippen molar-refractivity contribution in [3.8, 4) is 0 Å². The van der Waals surface area contributed by atoms with E-state index in [-0.39, 0.29) is 17.2 Å². The van der Waals surface area contributed by atoms with Gasteiger partial charge in [0, 0.05) is 51.1 Å². The van der Waals surface area contributed by atoms with Gasteiger partial charge in [0.1, 0.15) is 0 Å². The fourth-order valence-corrected chi connectivity index (χ4v) is 6.26. The van der Waals surface area contributed by atoms with Gasteiger partial charge in [0.05, 0.1) is 11.7 Å². The molecule has 2 spiro atoms. The molecule has 0 radical (unpaired) electrons. The van der Waals surface area contributed by atoms with Crippen molar-refractivity contribution < 1.29 is 18.0 Å². The fraction of sp³-hybridized carbons (Fsp3) is 0.895. The number of piperidine rings is 1. The SMILES string of the molecule is CCN1CCC2(CN(S(C)(=O)=O)CC23CCN(C(=O)CC(C)C)CC3)C1=O. The van der Waals surface area contributed by atoms with E-state index in [1.54, 1.807) is 0 Å². The third kappa shape index (κ3) is 3.39. The van der Waals surface area contributed by atoms with Crippen LogP contribution in [-0.4, -0.2) is 79.9 Å². The first-order valence-corrected chi connectivity index (χ1v) is 11.9. The lowest BCUT2D eigenvalue weighted by molar-refractivity contribution is -0.144. The second kappa shape index (κ2) is 7.03. The van der Waals surface area contributed by atoms with Gasteiger partial charge in [-0.25, -0.2) is 12.7 Å². The van der Waals surface area contributed by atoms with E-state index in [1.165, 1.54) is 10.6 Å². The molecule has 3 rings (SSSR count). The highest BCUT2D eigenvalue weighted by Gasteiger charge is 2.66. The highest BCUT2D eigenvalue weighted by molar-refractivity contribution is 7.88. The third-order valence-corrected chi connectivity index (χ3v) is 8.15. The van der Waals surface area contributed by atoms with Crippen LogP contribution in [0.25, 0.3) is 0 Å². The molecule has 3 heterocycles. The van der Waals surface area contributed by atoms with Gasteiger partial charge in [0.15, 0.2) is 0 Å². The molecule has 0 aromatic carbocycles. The molecule has 1 atom stereocenters. The zero-order chi connectivity index (χ0) is 20.0. The van der Waals surface area contributed by atoms with E-state index in [0.717, 1.165) is 0 Å². The van der Waals surface area contributed by atoms with Crippen LogP contribution in [0.4, 0.5) is 0 Å². The van der Waals surface area contributed by atoms with Crippen LogP contribution in [0.5, 0.6) is 0 Å². The number of sulfonamides is 1. The van der Waals surface area contributed by atoms with Gasteiger partial charge in [-0.05, 0) is 32.1 Å². The van der Waals surface area contributed by atoms with Crippen molar-refractivity contribution >= 4 is 21.8 Å². The number of hydrogen-bond donors (Lipinski definition) is 0. The van der Waals surface area contributed by atoms with Crippen molar-refractivity contribution in [1.82, 2.24) is 14.1 Å². The topological polar surface area (TPSA) is 78.0 Å². The summed E-state index contributed by atoms with van der Waals surface area (Å²) in [5, 5.41) is 0. The van der Waals surface area contributed by atoms with Crippen molar-refractivity contribution in [2.24, 2.45) is 16.7 Å². The molecule has 1 unspecified atom stereocenters. The largest absolute Gasteiger partial charge is 0.343 e. The average Bonchev–Trinajstić information content (AvgIpc) is 3.07. The molecule has 0 aliphatic carbocycles. The van der Waals surface area contributed by atoms with Crippen molar-refractivity contribution in [2.45, 2.75) is 46.5 Å². The van der Waals surface area contributed by atoms with Crippen LogP contribution >= 0.6 is 0 Å². The van der Waals surface area contributed by atoms with Gasteiger partial charge in [0.2, 0.25) is 21.8 Å². The molecule has 0 aromatic rings. The quantitative estimate of drug-likeness (QED) is 0.711. The highest BCUT2D eigenvalue weighted by Crippen LogP contribution is 2.58. The Kier molecular flexibility index (Phi) is 5.36. The minimum Gasteiger partial charge on any atom is -0.343 e. The van der Waals surface area contributed by atoms with Crippen LogP contribution < -0.4 is 0 Å². The molecular formula is C19H33N3O4S. The molecule has 27 heavy (non-hydrogen) atoms. The molecule has 0 bridgehead atoms.